The van der Waals surface area contributed by atoms with Gasteiger partial charge in [-0.15, -0.1) is 0 Å². The van der Waals surface area contributed by atoms with Crippen molar-refractivity contribution in [2.75, 3.05) is 20.7 Å². The zero-order chi connectivity index (χ0) is 12.7. The summed E-state index contributed by atoms with van der Waals surface area (Å²) in [5.41, 5.74) is 1.22. The Bertz CT molecular complexity index is 346. The van der Waals surface area contributed by atoms with Crippen molar-refractivity contribution in [2.24, 2.45) is 0 Å². The lowest BCUT2D eigenvalue weighted by atomic mass is 10.1. The second-order valence-electron chi connectivity index (χ2n) is 4.16. The van der Waals surface area contributed by atoms with Crippen LogP contribution in [0.15, 0.2) is 24.3 Å². The lowest BCUT2D eigenvalue weighted by Gasteiger charge is -2.16. The van der Waals surface area contributed by atoms with Gasteiger partial charge < -0.3 is 9.64 Å². The van der Waals surface area contributed by atoms with Gasteiger partial charge in [-0.3, -0.25) is 4.79 Å². The summed E-state index contributed by atoms with van der Waals surface area (Å²) in [7, 11) is 3.52. The maximum atomic E-state index is 11.6. The van der Waals surface area contributed by atoms with Crippen molar-refractivity contribution in [1.29, 1.82) is 0 Å². The van der Waals surface area contributed by atoms with Gasteiger partial charge in [0.15, 0.2) is 0 Å². The number of likely N-dealkylation sites (N-methyl/N-ethyl adjacent to an activating group) is 1. The highest BCUT2D eigenvalue weighted by Gasteiger charge is 2.06. The molecule has 0 radical (unpaired) electrons. The number of hydrogen-bond donors (Lipinski definition) is 0. The molecule has 1 aromatic rings. The first-order valence-corrected chi connectivity index (χ1v) is 6.04. The molecular formula is C14H21NO2. The molecule has 1 aromatic carbocycles. The average molecular weight is 235 g/mol. The van der Waals surface area contributed by atoms with Gasteiger partial charge >= 0.3 is 0 Å². The molecule has 1 amide bonds. The summed E-state index contributed by atoms with van der Waals surface area (Å²) in [6.07, 6.45) is 2.43. The summed E-state index contributed by atoms with van der Waals surface area (Å²) < 4.78 is 5.10. The fourth-order valence-corrected chi connectivity index (χ4v) is 1.62. The van der Waals surface area contributed by atoms with Crippen LogP contribution in [0.5, 0.6) is 5.75 Å². The molecule has 0 aliphatic carbocycles. The first kappa shape index (κ1) is 13.6. The number of hydrogen-bond acceptors (Lipinski definition) is 2. The standard InChI is InChI=1S/C14H21NO2/c1-4-5-14(16)15(2)11-10-12-6-8-13(17-3)9-7-12/h6-9H,4-5,10-11H2,1-3H3. The van der Waals surface area contributed by atoms with Crippen molar-refractivity contribution in [3.05, 3.63) is 29.8 Å². The van der Waals surface area contributed by atoms with Gasteiger partial charge in [0.2, 0.25) is 5.91 Å². The maximum Gasteiger partial charge on any atom is 0.222 e. The lowest BCUT2D eigenvalue weighted by Crippen LogP contribution is -2.28. The van der Waals surface area contributed by atoms with Crippen molar-refractivity contribution in [2.45, 2.75) is 26.2 Å². The van der Waals surface area contributed by atoms with E-state index in [1.54, 1.807) is 12.0 Å². The molecule has 0 saturated carbocycles. The van der Waals surface area contributed by atoms with E-state index in [1.165, 1.54) is 5.56 Å². The van der Waals surface area contributed by atoms with Crippen molar-refractivity contribution < 1.29 is 9.53 Å². The van der Waals surface area contributed by atoms with Crippen molar-refractivity contribution >= 4 is 5.91 Å². The van der Waals surface area contributed by atoms with Gasteiger partial charge in [0.25, 0.3) is 0 Å². The van der Waals surface area contributed by atoms with Crippen LogP contribution in [0, 0.1) is 0 Å². The van der Waals surface area contributed by atoms with Gasteiger partial charge in [-0.05, 0) is 30.5 Å². The minimum atomic E-state index is 0.223. The highest BCUT2D eigenvalue weighted by Crippen LogP contribution is 2.11. The van der Waals surface area contributed by atoms with Crippen LogP contribution < -0.4 is 4.74 Å². The number of amides is 1. The second kappa shape index (κ2) is 6.94. The van der Waals surface area contributed by atoms with Crippen LogP contribution >= 0.6 is 0 Å². The molecule has 0 fully saturated rings. The predicted octanol–water partition coefficient (Wildman–Crippen LogP) is 2.50. The molecule has 94 valence electrons. The Morgan fingerprint density at radius 1 is 1.29 bits per heavy atom. The van der Waals surface area contributed by atoms with Crippen LogP contribution in [0.3, 0.4) is 0 Å². The molecule has 17 heavy (non-hydrogen) atoms. The normalized spacial score (nSPS) is 10.1. The van der Waals surface area contributed by atoms with Crippen molar-refractivity contribution in [3.8, 4) is 5.75 Å². The van der Waals surface area contributed by atoms with Gasteiger partial charge in [-0.2, -0.15) is 0 Å². The van der Waals surface area contributed by atoms with Gasteiger partial charge in [0, 0.05) is 20.0 Å². The summed E-state index contributed by atoms with van der Waals surface area (Å²) in [5.74, 6) is 1.09. The first-order valence-electron chi connectivity index (χ1n) is 6.04. The van der Waals surface area contributed by atoms with Gasteiger partial charge in [-0.1, -0.05) is 19.1 Å². The van der Waals surface area contributed by atoms with E-state index in [4.69, 9.17) is 4.74 Å². The molecule has 3 nitrogen and oxygen atoms in total. The number of carbonyl (C=O) groups excluding carboxylic acids is 1. The second-order valence-corrected chi connectivity index (χ2v) is 4.16. The number of carbonyl (C=O) groups is 1. The summed E-state index contributed by atoms with van der Waals surface area (Å²) >= 11 is 0. The quantitative estimate of drug-likeness (QED) is 0.758. The highest BCUT2D eigenvalue weighted by atomic mass is 16.5. The first-order chi connectivity index (χ1) is 8.17. The molecule has 0 aromatic heterocycles. The fraction of sp³-hybridized carbons (Fsp3) is 0.500. The topological polar surface area (TPSA) is 29.5 Å². The monoisotopic (exact) mass is 235 g/mol. The molecule has 0 bridgehead atoms. The summed E-state index contributed by atoms with van der Waals surface area (Å²) in [6, 6.07) is 7.97. The molecule has 1 rings (SSSR count). The predicted molar refractivity (Wildman–Crippen MR) is 69.2 cm³/mol. The molecule has 0 heterocycles. The van der Waals surface area contributed by atoms with E-state index in [1.807, 2.05) is 38.2 Å². The van der Waals surface area contributed by atoms with Crippen LogP contribution in [0.4, 0.5) is 0 Å². The zero-order valence-electron chi connectivity index (χ0n) is 10.9. The van der Waals surface area contributed by atoms with Crippen LogP contribution in [0.25, 0.3) is 0 Å². The van der Waals surface area contributed by atoms with E-state index in [9.17, 15) is 4.79 Å². The summed E-state index contributed by atoms with van der Waals surface area (Å²) in [6.45, 7) is 2.79. The molecule has 0 aliphatic rings. The van der Waals surface area contributed by atoms with E-state index in [-0.39, 0.29) is 5.91 Å². The average Bonchev–Trinajstić information content (AvgIpc) is 2.36. The minimum absolute atomic E-state index is 0.223. The molecule has 0 atom stereocenters. The Kier molecular flexibility index (Phi) is 5.53. The molecule has 3 heteroatoms. The largest absolute Gasteiger partial charge is 0.497 e. The van der Waals surface area contributed by atoms with Crippen LogP contribution in [0.2, 0.25) is 0 Å². The molecule has 0 spiro atoms. The fourth-order valence-electron chi connectivity index (χ4n) is 1.62. The van der Waals surface area contributed by atoms with Crippen LogP contribution in [-0.4, -0.2) is 31.5 Å². The molecule has 0 saturated heterocycles. The number of methoxy groups -OCH3 is 1. The van der Waals surface area contributed by atoms with Gasteiger partial charge in [0.1, 0.15) is 5.75 Å². The third kappa shape index (κ3) is 4.47. The third-order valence-corrected chi connectivity index (χ3v) is 2.78. The molecular weight excluding hydrogens is 214 g/mol. The Hall–Kier alpha value is -1.51. The minimum Gasteiger partial charge on any atom is -0.497 e. The Morgan fingerprint density at radius 3 is 2.47 bits per heavy atom. The van der Waals surface area contributed by atoms with E-state index in [0.717, 1.165) is 25.1 Å². The number of benzene rings is 1. The summed E-state index contributed by atoms with van der Waals surface area (Å²) in [5, 5.41) is 0. The van der Waals surface area contributed by atoms with E-state index in [0.29, 0.717) is 6.42 Å². The lowest BCUT2D eigenvalue weighted by molar-refractivity contribution is -0.129. The van der Waals surface area contributed by atoms with Crippen molar-refractivity contribution in [1.82, 2.24) is 4.90 Å². The van der Waals surface area contributed by atoms with E-state index < -0.39 is 0 Å². The molecule has 0 aliphatic heterocycles. The molecule has 0 unspecified atom stereocenters. The SMILES string of the molecule is CCCC(=O)N(C)CCc1ccc(OC)cc1. The number of rotatable bonds is 6. The van der Waals surface area contributed by atoms with Crippen LogP contribution in [-0.2, 0) is 11.2 Å². The Balaban J connectivity index is 2.41. The number of ether oxygens (including phenoxy) is 1. The molecule has 0 N–H and O–H groups in total. The third-order valence-electron chi connectivity index (χ3n) is 2.78. The smallest absolute Gasteiger partial charge is 0.222 e. The number of nitrogens with zero attached hydrogens (tertiary/aromatic N) is 1. The van der Waals surface area contributed by atoms with Crippen molar-refractivity contribution in [3.63, 3.8) is 0 Å². The Morgan fingerprint density at radius 2 is 1.94 bits per heavy atom. The van der Waals surface area contributed by atoms with Gasteiger partial charge in [-0.25, -0.2) is 0 Å². The summed E-state index contributed by atoms with van der Waals surface area (Å²) in [4.78, 5) is 13.4. The van der Waals surface area contributed by atoms with Crippen LogP contribution in [0.1, 0.15) is 25.3 Å². The highest BCUT2D eigenvalue weighted by molar-refractivity contribution is 5.75. The zero-order valence-corrected chi connectivity index (χ0v) is 10.9. The maximum absolute atomic E-state index is 11.6. The van der Waals surface area contributed by atoms with E-state index in [2.05, 4.69) is 0 Å². The Labute approximate surface area is 103 Å². The van der Waals surface area contributed by atoms with E-state index >= 15 is 0 Å². The van der Waals surface area contributed by atoms with Gasteiger partial charge in [0.05, 0.1) is 7.11 Å².